The smallest absolute Gasteiger partial charge is 0.145 e. The van der Waals surface area contributed by atoms with Gasteiger partial charge in [-0.2, -0.15) is 0 Å². The number of imidazole rings is 1. The van der Waals surface area contributed by atoms with Gasteiger partial charge in [0, 0.05) is 34.8 Å². The molecule has 7 aromatic rings. The van der Waals surface area contributed by atoms with E-state index in [1.54, 1.807) is 0 Å². The minimum Gasteiger partial charge on any atom is -0.509 e. The van der Waals surface area contributed by atoms with E-state index >= 15 is 0 Å². The molecule has 0 amide bonds. The molecular weight excluding hydrogens is 766 g/mol. The Morgan fingerprint density at radius 1 is 0.672 bits per heavy atom. The molecule has 300 valence electrons. The van der Waals surface area contributed by atoms with Gasteiger partial charge in [0.15, 0.2) is 0 Å². The lowest BCUT2D eigenvalue weighted by atomic mass is 9.24. The van der Waals surface area contributed by atoms with Crippen LogP contribution < -0.4 is 16.4 Å². The van der Waals surface area contributed by atoms with Gasteiger partial charge in [-0.05, 0) is 102 Å². The number of benzene rings is 6. The molecule has 3 aliphatic carbocycles. The summed E-state index contributed by atoms with van der Waals surface area (Å²) in [6.45, 7) is 2.17. The van der Waals surface area contributed by atoms with Crippen LogP contribution in [0.3, 0.4) is 0 Å². The van der Waals surface area contributed by atoms with Crippen LogP contribution in [0.4, 0.5) is 0 Å². The van der Waals surface area contributed by atoms with Crippen LogP contribution in [0.15, 0.2) is 131 Å². The zero-order valence-electron chi connectivity index (χ0n) is 40.0. The van der Waals surface area contributed by atoms with E-state index in [1.807, 2.05) is 15.7 Å². The molecule has 2 N–H and O–H groups in total. The third kappa shape index (κ3) is 5.72. The maximum Gasteiger partial charge on any atom is 0.145 e. The average Bonchev–Trinajstić information content (AvgIpc) is 3.81. The molecule has 10 rings (SSSR count). The number of phenolic OH excluding ortho intramolecular Hbond substituents is 1. The number of aliphatic hydroxyl groups is 1. The Bertz CT molecular complexity index is 3290. The average molecular weight is 817 g/mol. The van der Waals surface area contributed by atoms with Crippen molar-refractivity contribution >= 4 is 138 Å². The summed E-state index contributed by atoms with van der Waals surface area (Å²) in [5.41, 5.74) is 22.9. The van der Waals surface area contributed by atoms with Crippen LogP contribution in [0.2, 0.25) is 5.11 Å². The number of aromatic hydroxyl groups is 1. The van der Waals surface area contributed by atoms with E-state index < -0.39 is 10.8 Å². The summed E-state index contributed by atoms with van der Waals surface area (Å²) in [7, 11) is 26.5. The molecule has 0 spiro atoms. The fourth-order valence-corrected chi connectivity index (χ4v) is 13.1. The zero-order chi connectivity index (χ0) is 45.5. The highest BCUT2D eigenvalue weighted by atomic mass is 16.3. The van der Waals surface area contributed by atoms with Crippen molar-refractivity contribution in [2.24, 2.45) is 5.92 Å². The molecule has 3 atom stereocenters. The van der Waals surface area contributed by atoms with Gasteiger partial charge in [0.05, 0.1) is 34.6 Å². The molecule has 64 heavy (non-hydrogen) atoms. The van der Waals surface area contributed by atoms with Crippen molar-refractivity contribution in [3.63, 3.8) is 0 Å². The third-order valence-corrected chi connectivity index (χ3v) is 16.2. The Morgan fingerprint density at radius 3 is 2.06 bits per heavy atom. The summed E-state index contributed by atoms with van der Waals surface area (Å²) in [5, 5.41) is 25.6. The van der Waals surface area contributed by atoms with Gasteiger partial charge in [-0.1, -0.05) is 101 Å². The summed E-state index contributed by atoms with van der Waals surface area (Å²) in [4.78, 5) is 4.98. The number of fused-ring (bicyclic) bond motifs is 7. The summed E-state index contributed by atoms with van der Waals surface area (Å²) in [6, 6.07) is 38.1. The Labute approximate surface area is 389 Å². The molecule has 0 saturated carbocycles. The number of aromatic nitrogens is 2. The van der Waals surface area contributed by atoms with Crippen molar-refractivity contribution in [2.45, 2.75) is 35.2 Å². The highest BCUT2D eigenvalue weighted by Gasteiger charge is 2.58. The second kappa shape index (κ2) is 14.7. The normalized spacial score (nSPS) is 19.5. The molecule has 4 nitrogen and oxygen atoms in total. The Hall–Kier alpha value is -5.19. The highest BCUT2D eigenvalue weighted by Crippen LogP contribution is 2.62. The van der Waals surface area contributed by atoms with E-state index in [9.17, 15) is 10.2 Å². The van der Waals surface area contributed by atoms with Crippen LogP contribution in [0.1, 0.15) is 52.0 Å². The van der Waals surface area contributed by atoms with Crippen molar-refractivity contribution in [1.29, 1.82) is 0 Å². The third-order valence-electron chi connectivity index (χ3n) is 16.2. The molecular formula is C48H50B12N2O2. The zero-order valence-corrected chi connectivity index (χ0v) is 40.0. The number of rotatable bonds is 6. The minimum atomic E-state index is -1.08. The Balaban J connectivity index is 1.24. The fourth-order valence-electron chi connectivity index (χ4n) is 13.1. The van der Waals surface area contributed by atoms with E-state index in [4.69, 9.17) is 4.98 Å². The van der Waals surface area contributed by atoms with E-state index in [0.29, 0.717) is 5.75 Å². The van der Waals surface area contributed by atoms with E-state index in [2.05, 4.69) is 193 Å². The lowest BCUT2D eigenvalue weighted by Gasteiger charge is -2.53. The first-order valence-corrected chi connectivity index (χ1v) is 23.2. The van der Waals surface area contributed by atoms with Crippen LogP contribution in [0.5, 0.6) is 5.75 Å². The van der Waals surface area contributed by atoms with Gasteiger partial charge in [-0.3, -0.25) is 4.57 Å². The number of phenols is 1. The first-order valence-electron chi connectivity index (χ1n) is 23.2. The van der Waals surface area contributed by atoms with Gasteiger partial charge in [-0.25, -0.2) is 4.98 Å². The van der Waals surface area contributed by atoms with E-state index in [1.165, 1.54) is 71.6 Å². The van der Waals surface area contributed by atoms with Crippen molar-refractivity contribution in [2.75, 3.05) is 0 Å². The van der Waals surface area contributed by atoms with Crippen LogP contribution in [-0.4, -0.2) is 119 Å². The van der Waals surface area contributed by atoms with Crippen molar-refractivity contribution < 1.29 is 10.2 Å². The number of allylic oxidation sites excluding steroid dienone is 5. The lowest BCUT2D eigenvalue weighted by molar-refractivity contribution is 0.138. The number of nitrogens with zero attached hydrogens (tertiary/aromatic N) is 2. The summed E-state index contributed by atoms with van der Waals surface area (Å²) in [5.74, 6) is 1.48. The number of hydrogen-bond donors (Lipinski definition) is 2. The molecule has 0 bridgehead atoms. The minimum absolute atomic E-state index is 0.00170. The van der Waals surface area contributed by atoms with Crippen molar-refractivity contribution in [3.8, 4) is 22.6 Å². The van der Waals surface area contributed by atoms with Gasteiger partial charge >= 0.3 is 0 Å². The Kier molecular flexibility index (Phi) is 9.79. The molecule has 1 heterocycles. The monoisotopic (exact) mass is 818 g/mol. The standard InChI is InChI=1S/C48H50B12N2O2/c1-2-31-61-29-9-5-6-10-30(29)62(31)24-15-13-20-17-22(12-11-21(20)18-24)32-34-35(39(50)43(54)42(53)38(34)49)33(37-36(32)40(51)44(55)45(63)41(37)52)23-14-16-26-25-7-3-4-8-27(25)46(28(26)19-23,47(56,57)58)48(59,60)64/h3-19,32,34,63-64H,2,49-60H2,1H3. The maximum atomic E-state index is 12.5. The molecule has 3 unspecified atom stereocenters. The topological polar surface area (TPSA) is 58.3 Å². The molecule has 0 fully saturated rings. The molecule has 0 aliphatic heterocycles. The Morgan fingerprint density at radius 2 is 1.34 bits per heavy atom. The van der Waals surface area contributed by atoms with Crippen LogP contribution in [-0.2, 0) is 11.8 Å². The fraction of sp³-hybridized carbons (Fsp3) is 0.146. The predicted octanol–water partition coefficient (Wildman–Crippen LogP) is -4.09. The van der Waals surface area contributed by atoms with Gasteiger partial charge in [0.1, 0.15) is 82.2 Å². The lowest BCUT2D eigenvalue weighted by Crippen LogP contribution is -2.60. The summed E-state index contributed by atoms with van der Waals surface area (Å²) in [6.07, 6.45) is 0.843. The van der Waals surface area contributed by atoms with Crippen molar-refractivity contribution in [3.05, 3.63) is 170 Å². The summed E-state index contributed by atoms with van der Waals surface area (Å²) >= 11 is 0. The van der Waals surface area contributed by atoms with Gasteiger partial charge in [0.2, 0.25) is 0 Å². The maximum absolute atomic E-state index is 12.5. The van der Waals surface area contributed by atoms with Gasteiger partial charge < -0.3 is 10.2 Å². The van der Waals surface area contributed by atoms with E-state index in [0.717, 1.165) is 62.0 Å². The highest BCUT2D eigenvalue weighted by molar-refractivity contribution is 6.62. The largest absolute Gasteiger partial charge is 0.509 e. The van der Waals surface area contributed by atoms with Crippen LogP contribution in [0, 0.1) is 5.92 Å². The predicted molar refractivity (Wildman–Crippen MR) is 303 cm³/mol. The summed E-state index contributed by atoms with van der Waals surface area (Å²) < 4.78 is 2.31. The quantitative estimate of drug-likeness (QED) is 0.168. The second-order valence-corrected chi connectivity index (χ2v) is 20.7. The van der Waals surface area contributed by atoms with Gasteiger partial charge in [-0.15, -0.1) is 16.4 Å². The number of para-hydroxylation sites is 2. The van der Waals surface area contributed by atoms with Gasteiger partial charge in [0.25, 0.3) is 0 Å². The van der Waals surface area contributed by atoms with Crippen molar-refractivity contribution in [1.82, 2.24) is 9.55 Å². The molecule has 16 heteroatoms. The van der Waals surface area contributed by atoms with E-state index in [-0.39, 0.29) is 16.9 Å². The molecule has 0 radical (unpaired) electrons. The molecule has 6 aromatic carbocycles. The first kappa shape index (κ1) is 42.7. The van der Waals surface area contributed by atoms with Crippen LogP contribution in [0.25, 0.3) is 44.2 Å². The number of hydrogen-bond acceptors (Lipinski definition) is 3. The molecule has 1 aromatic heterocycles. The first-order chi connectivity index (χ1) is 30.3. The van der Waals surface area contributed by atoms with Crippen LogP contribution >= 0.6 is 0 Å². The second-order valence-electron chi connectivity index (χ2n) is 20.7. The number of aryl methyl sites for hydroxylation is 1. The molecule has 3 aliphatic rings. The molecule has 0 saturated heterocycles. The SMILES string of the molecule is BC1=C(B)C2=C(c3ccc4c(c3)C(C(B)(B)B)(C(B)(B)O)c3ccccc3-4)c3c(B)c(O)c(B)c(B)c3C(c3ccc4cc(-n5c(CC)nc6ccccc65)ccc4c3)C2C(B)=C1B.